The molecule has 306 valence electrons. The van der Waals surface area contributed by atoms with E-state index in [0.29, 0.717) is 61.5 Å². The fraction of sp³-hybridized carbons (Fsp3) is 0.447. The van der Waals surface area contributed by atoms with Gasteiger partial charge in [0.1, 0.15) is 11.6 Å². The summed E-state index contributed by atoms with van der Waals surface area (Å²) >= 11 is 12.4. The molecular formula is C38H43Cl2F3N8O6. The summed E-state index contributed by atoms with van der Waals surface area (Å²) in [6, 6.07) is 14.0. The summed E-state index contributed by atoms with van der Waals surface area (Å²) < 4.78 is 44.1. The molecule has 57 heavy (non-hydrogen) atoms. The van der Waals surface area contributed by atoms with Crippen molar-refractivity contribution in [1.82, 2.24) is 34.8 Å². The lowest BCUT2D eigenvalue weighted by atomic mass is 9.98. The number of aromatic nitrogens is 5. The van der Waals surface area contributed by atoms with Crippen molar-refractivity contribution in [2.45, 2.75) is 77.4 Å². The van der Waals surface area contributed by atoms with Crippen LogP contribution in [-0.2, 0) is 23.9 Å². The molecule has 0 spiro atoms. The van der Waals surface area contributed by atoms with Gasteiger partial charge in [-0.25, -0.2) is 9.67 Å². The molecule has 6 rings (SSSR count). The van der Waals surface area contributed by atoms with Crippen molar-refractivity contribution in [2.75, 3.05) is 37.6 Å². The number of fused-ring (bicyclic) bond motifs is 4. The van der Waals surface area contributed by atoms with Gasteiger partial charge in [-0.15, -0.1) is 18.3 Å². The van der Waals surface area contributed by atoms with E-state index in [9.17, 15) is 32.3 Å². The summed E-state index contributed by atoms with van der Waals surface area (Å²) in [5.74, 6) is -1.73. The molecule has 1 N–H and O–H groups in total. The van der Waals surface area contributed by atoms with E-state index in [1.165, 1.54) is 10.7 Å². The van der Waals surface area contributed by atoms with Gasteiger partial charge in [0.15, 0.2) is 5.15 Å². The first-order valence-electron chi connectivity index (χ1n) is 18.2. The molecule has 0 aliphatic carbocycles. The van der Waals surface area contributed by atoms with Crippen LogP contribution in [0.2, 0.25) is 10.2 Å². The standard InChI is InChI=1S/C35H40Cl2N8O4.C3H3F3O2/c1-35(2,3)49-33(47)21-42-14-15-43-25-9-7-8-23(16-25)28(10-5-4-6-13-38-34(48)30(43)19-42)44-22-39-27(18-32(44)46)26-17-24(36)11-12-29(26)45-20-31(37)40-41-45;1-2(7)8-3(4,5)6/h7-9,11-12,16-18,20,22,28,30H,4-6,10,13-15,19,21H2,1-3H3,(H,38,48);1H3/t28-,30+;/m0./s1. The summed E-state index contributed by atoms with van der Waals surface area (Å²) in [4.78, 5) is 58.4. The lowest BCUT2D eigenvalue weighted by molar-refractivity contribution is -0.304. The van der Waals surface area contributed by atoms with Crippen LogP contribution in [-0.4, -0.2) is 98.0 Å². The fourth-order valence-electron chi connectivity index (χ4n) is 6.65. The molecule has 0 radical (unpaired) electrons. The van der Waals surface area contributed by atoms with Gasteiger partial charge in [0.05, 0.1) is 36.5 Å². The van der Waals surface area contributed by atoms with Crippen molar-refractivity contribution in [2.24, 2.45) is 0 Å². The summed E-state index contributed by atoms with van der Waals surface area (Å²) in [5.41, 5.74) is 2.73. The number of ether oxygens (including phenoxy) is 2. The second kappa shape index (κ2) is 18.5. The Bertz CT molecular complexity index is 2120. The number of carbonyl (C=O) groups is 3. The molecule has 2 bridgehead atoms. The van der Waals surface area contributed by atoms with E-state index in [4.69, 9.17) is 32.9 Å². The molecule has 14 nitrogen and oxygen atoms in total. The van der Waals surface area contributed by atoms with Gasteiger partial charge in [-0.3, -0.25) is 28.6 Å². The number of halogens is 5. The molecule has 1 amide bonds. The van der Waals surface area contributed by atoms with Gasteiger partial charge in [-0.1, -0.05) is 53.4 Å². The summed E-state index contributed by atoms with van der Waals surface area (Å²) in [5, 5.41) is 11.8. The summed E-state index contributed by atoms with van der Waals surface area (Å²) in [6.45, 7) is 8.41. The minimum Gasteiger partial charge on any atom is -0.459 e. The van der Waals surface area contributed by atoms with Gasteiger partial charge >= 0.3 is 18.3 Å². The van der Waals surface area contributed by atoms with Gasteiger partial charge < -0.3 is 19.7 Å². The number of hydrogen-bond donors (Lipinski definition) is 1. The van der Waals surface area contributed by atoms with E-state index >= 15 is 0 Å². The maximum atomic E-state index is 13.9. The highest BCUT2D eigenvalue weighted by Crippen LogP contribution is 2.31. The molecule has 2 atom stereocenters. The third-order valence-electron chi connectivity index (χ3n) is 8.96. The predicted molar refractivity (Wildman–Crippen MR) is 206 cm³/mol. The van der Waals surface area contributed by atoms with E-state index in [-0.39, 0.29) is 35.2 Å². The second-order valence-electron chi connectivity index (χ2n) is 14.5. The van der Waals surface area contributed by atoms with E-state index < -0.39 is 24.0 Å². The first-order chi connectivity index (χ1) is 26.9. The normalized spacial score (nSPS) is 18.1. The van der Waals surface area contributed by atoms with Crippen LogP contribution < -0.4 is 15.8 Å². The van der Waals surface area contributed by atoms with Crippen molar-refractivity contribution in [3.8, 4) is 16.9 Å². The molecule has 4 heterocycles. The molecule has 2 aliphatic heterocycles. The average molecular weight is 836 g/mol. The summed E-state index contributed by atoms with van der Waals surface area (Å²) in [6.07, 6.45) is 1.58. The molecule has 4 aromatic rings. The predicted octanol–water partition coefficient (Wildman–Crippen LogP) is 5.98. The molecule has 2 aliphatic rings. The summed E-state index contributed by atoms with van der Waals surface area (Å²) in [7, 11) is 0. The van der Waals surface area contributed by atoms with Crippen LogP contribution in [0.4, 0.5) is 18.9 Å². The van der Waals surface area contributed by atoms with Crippen molar-refractivity contribution in [1.29, 1.82) is 0 Å². The lowest BCUT2D eigenvalue weighted by Crippen LogP contribution is -2.60. The third-order valence-corrected chi connectivity index (χ3v) is 9.37. The van der Waals surface area contributed by atoms with Crippen LogP contribution >= 0.6 is 23.2 Å². The smallest absolute Gasteiger partial charge is 0.459 e. The monoisotopic (exact) mass is 834 g/mol. The van der Waals surface area contributed by atoms with Crippen molar-refractivity contribution < 1.29 is 37.0 Å². The van der Waals surface area contributed by atoms with Crippen LogP contribution in [0.3, 0.4) is 0 Å². The van der Waals surface area contributed by atoms with Crippen LogP contribution in [0.15, 0.2) is 65.8 Å². The van der Waals surface area contributed by atoms with E-state index in [1.54, 1.807) is 35.3 Å². The first-order valence-corrected chi connectivity index (χ1v) is 18.9. The topological polar surface area (TPSA) is 154 Å². The van der Waals surface area contributed by atoms with Crippen LogP contribution in [0.25, 0.3) is 16.9 Å². The lowest BCUT2D eigenvalue weighted by Gasteiger charge is -2.42. The second-order valence-corrected chi connectivity index (χ2v) is 15.3. The Hall–Kier alpha value is -5.00. The van der Waals surface area contributed by atoms with Gasteiger partial charge in [-0.05, 0) is 69.5 Å². The van der Waals surface area contributed by atoms with Crippen LogP contribution in [0, 0.1) is 0 Å². The number of piperazine rings is 1. The minimum absolute atomic E-state index is 0.0698. The number of anilines is 1. The molecule has 0 unspecified atom stereocenters. The molecular weight excluding hydrogens is 792 g/mol. The fourth-order valence-corrected chi connectivity index (χ4v) is 6.95. The SMILES string of the molecule is CC(=O)OC(F)(F)F.CC(C)(C)OC(=O)CN1CCN2c3cccc(c3)[C@@H](n3cnc(-c4cc(Cl)ccc4-n4cc(Cl)nn4)cc3=O)CCCCCNC(=O)[C@H]2C1. The van der Waals surface area contributed by atoms with Crippen LogP contribution in [0.5, 0.6) is 0 Å². The number of nitrogens with zero attached hydrogens (tertiary/aromatic N) is 7. The Kier molecular flexibility index (Phi) is 14.0. The minimum atomic E-state index is -4.83. The molecule has 19 heteroatoms. The Balaban J connectivity index is 0.000000701. The highest BCUT2D eigenvalue weighted by molar-refractivity contribution is 6.31. The van der Waals surface area contributed by atoms with E-state index in [0.717, 1.165) is 30.5 Å². The van der Waals surface area contributed by atoms with Gasteiger partial charge in [-0.2, -0.15) is 0 Å². The van der Waals surface area contributed by atoms with E-state index in [2.05, 4.69) is 31.3 Å². The maximum Gasteiger partial charge on any atom is 0.575 e. The number of esters is 2. The molecule has 0 saturated carbocycles. The number of hydrogen-bond acceptors (Lipinski definition) is 11. The Morgan fingerprint density at radius 2 is 1.74 bits per heavy atom. The number of alkyl halides is 3. The molecule has 2 aromatic carbocycles. The number of carbonyl (C=O) groups excluding carboxylic acids is 3. The zero-order valence-corrected chi connectivity index (χ0v) is 33.3. The number of rotatable bonds is 5. The van der Waals surface area contributed by atoms with Gasteiger partial charge in [0, 0.05) is 55.4 Å². The van der Waals surface area contributed by atoms with E-state index in [1.807, 2.05) is 43.9 Å². The quantitative estimate of drug-likeness (QED) is 0.237. The Morgan fingerprint density at radius 3 is 2.39 bits per heavy atom. The van der Waals surface area contributed by atoms with Gasteiger partial charge in [0.25, 0.3) is 5.56 Å². The molecule has 1 fully saturated rings. The van der Waals surface area contributed by atoms with Crippen molar-refractivity contribution in [3.63, 3.8) is 0 Å². The number of benzene rings is 2. The number of nitrogens with one attached hydrogen (secondary N) is 1. The van der Waals surface area contributed by atoms with Crippen LogP contribution in [0.1, 0.15) is 65.0 Å². The number of amides is 1. The Morgan fingerprint density at radius 1 is 0.965 bits per heavy atom. The third kappa shape index (κ3) is 12.2. The Labute approximate surface area is 336 Å². The highest BCUT2D eigenvalue weighted by atomic mass is 35.5. The largest absolute Gasteiger partial charge is 0.575 e. The molecule has 2 aromatic heterocycles. The van der Waals surface area contributed by atoms with Crippen molar-refractivity contribution >= 4 is 46.7 Å². The van der Waals surface area contributed by atoms with Crippen molar-refractivity contribution in [3.05, 3.63) is 87.1 Å². The zero-order chi connectivity index (χ0) is 41.5. The average Bonchev–Trinajstić information content (AvgIpc) is 3.55. The first kappa shape index (κ1) is 43.1. The van der Waals surface area contributed by atoms with Gasteiger partial charge in [0.2, 0.25) is 5.91 Å². The maximum absolute atomic E-state index is 13.9. The zero-order valence-electron chi connectivity index (χ0n) is 31.8. The highest BCUT2D eigenvalue weighted by Gasteiger charge is 2.35. The molecule has 1 saturated heterocycles.